The van der Waals surface area contributed by atoms with E-state index in [9.17, 15) is 14.7 Å². The highest BCUT2D eigenvalue weighted by Crippen LogP contribution is 2.54. The highest BCUT2D eigenvalue weighted by Gasteiger charge is 2.63. The summed E-state index contributed by atoms with van der Waals surface area (Å²) >= 11 is 0. The molecule has 0 aromatic rings. The molecule has 0 saturated heterocycles. The van der Waals surface area contributed by atoms with E-state index in [4.69, 9.17) is 5.11 Å². The number of unbranched alkanes of at least 4 members (excludes halogenated alkanes) is 1. The first-order chi connectivity index (χ1) is 8.07. The van der Waals surface area contributed by atoms with E-state index in [1.54, 1.807) is 0 Å². The van der Waals surface area contributed by atoms with Gasteiger partial charge in [-0.3, -0.25) is 9.59 Å². The van der Waals surface area contributed by atoms with Crippen LogP contribution in [0, 0.1) is 5.41 Å². The fourth-order valence-electron chi connectivity index (χ4n) is 3.51. The number of aliphatic hydroxyl groups excluding tert-OH is 1. The topological polar surface area (TPSA) is 74.6 Å². The molecule has 2 fully saturated rings. The molecule has 0 radical (unpaired) electrons. The Bertz CT molecular complexity index is 338. The summed E-state index contributed by atoms with van der Waals surface area (Å²) in [6.45, 7) is 0.0939. The second kappa shape index (κ2) is 4.50. The van der Waals surface area contributed by atoms with E-state index < -0.39 is 11.0 Å². The van der Waals surface area contributed by atoms with Crippen molar-refractivity contribution < 1.29 is 19.8 Å². The van der Waals surface area contributed by atoms with Crippen LogP contribution in [0.15, 0.2) is 0 Å². The zero-order chi connectivity index (χ0) is 12.5. The van der Waals surface area contributed by atoms with Gasteiger partial charge in [0.1, 0.15) is 11.4 Å². The van der Waals surface area contributed by atoms with Crippen molar-refractivity contribution in [3.8, 4) is 0 Å². The molecule has 0 unspecified atom stereocenters. The molecule has 2 saturated carbocycles. The molecule has 0 aromatic carbocycles. The Hall–Kier alpha value is -0.740. The third-order valence-corrected chi connectivity index (χ3v) is 4.52. The van der Waals surface area contributed by atoms with E-state index in [0.29, 0.717) is 51.4 Å². The van der Waals surface area contributed by atoms with Gasteiger partial charge in [0.15, 0.2) is 5.78 Å². The Labute approximate surface area is 101 Å². The number of fused-ring (bicyclic) bond motifs is 1. The van der Waals surface area contributed by atoms with Gasteiger partial charge < -0.3 is 10.2 Å². The molecule has 2 rings (SSSR count). The number of hydrogen-bond acceptors (Lipinski definition) is 4. The van der Waals surface area contributed by atoms with Crippen molar-refractivity contribution in [2.45, 2.75) is 57.0 Å². The Morgan fingerprint density at radius 3 is 2.53 bits per heavy atom. The summed E-state index contributed by atoms with van der Waals surface area (Å²) in [4.78, 5) is 24.0. The smallest absolute Gasteiger partial charge is 0.165 e. The lowest BCUT2D eigenvalue weighted by molar-refractivity contribution is -0.163. The van der Waals surface area contributed by atoms with Gasteiger partial charge in [-0.15, -0.1) is 0 Å². The van der Waals surface area contributed by atoms with Crippen molar-refractivity contribution in [1.82, 2.24) is 0 Å². The Morgan fingerprint density at radius 1 is 1.06 bits per heavy atom. The number of carbonyl (C=O) groups excluding carboxylic acids is 2. The summed E-state index contributed by atoms with van der Waals surface area (Å²) in [5.41, 5.74) is -2.24. The van der Waals surface area contributed by atoms with Crippen molar-refractivity contribution in [3.05, 3.63) is 0 Å². The van der Waals surface area contributed by atoms with Crippen LogP contribution in [0.2, 0.25) is 0 Å². The predicted octanol–water partition coefficient (Wildman–Crippen LogP) is 0.982. The summed E-state index contributed by atoms with van der Waals surface area (Å²) in [6, 6.07) is 0. The lowest BCUT2D eigenvalue weighted by atomic mass is 9.61. The minimum Gasteiger partial charge on any atom is -0.396 e. The van der Waals surface area contributed by atoms with Gasteiger partial charge in [-0.2, -0.15) is 0 Å². The molecule has 0 aromatic heterocycles. The van der Waals surface area contributed by atoms with Crippen LogP contribution in [0.25, 0.3) is 0 Å². The fraction of sp³-hybridized carbons (Fsp3) is 0.846. The van der Waals surface area contributed by atoms with Crippen LogP contribution in [0.1, 0.15) is 51.4 Å². The minimum absolute atomic E-state index is 0.0510. The van der Waals surface area contributed by atoms with Crippen molar-refractivity contribution in [2.24, 2.45) is 5.41 Å². The molecular weight excluding hydrogens is 220 g/mol. The summed E-state index contributed by atoms with van der Waals surface area (Å²) in [6.07, 6.45) is 4.19. The van der Waals surface area contributed by atoms with Crippen LogP contribution in [0.5, 0.6) is 0 Å². The zero-order valence-electron chi connectivity index (χ0n) is 10.1. The average molecular weight is 240 g/mol. The van der Waals surface area contributed by atoms with Gasteiger partial charge in [-0.1, -0.05) is 6.42 Å². The minimum atomic E-state index is -1.40. The molecule has 4 heteroatoms. The van der Waals surface area contributed by atoms with Crippen LogP contribution in [-0.4, -0.2) is 34.0 Å². The molecule has 2 aliphatic rings. The fourth-order valence-corrected chi connectivity index (χ4v) is 3.51. The molecule has 2 N–H and O–H groups in total. The first-order valence-electron chi connectivity index (χ1n) is 6.47. The number of Topliss-reactive ketones (excluding diaryl/α,β-unsaturated/α-hetero) is 2. The Balaban J connectivity index is 2.24. The van der Waals surface area contributed by atoms with Crippen LogP contribution >= 0.6 is 0 Å². The Kier molecular flexibility index (Phi) is 3.36. The summed E-state index contributed by atoms with van der Waals surface area (Å²) in [5, 5.41) is 19.4. The normalized spacial score (nSPS) is 37.3. The van der Waals surface area contributed by atoms with Gasteiger partial charge >= 0.3 is 0 Å². The van der Waals surface area contributed by atoms with E-state index in [0.717, 1.165) is 0 Å². The third-order valence-electron chi connectivity index (χ3n) is 4.52. The standard InChI is InChI=1S/C13H20O4/c14-9-2-1-6-12-8-5-11(16)13(12,17)7-3-4-10(12)15/h14,17H,1-9H2/t12-,13+/m0/s1. The summed E-state index contributed by atoms with van der Waals surface area (Å²) in [5.74, 6) is -0.107. The second-order valence-electron chi connectivity index (χ2n) is 5.32. The monoisotopic (exact) mass is 240 g/mol. The number of rotatable bonds is 4. The predicted molar refractivity (Wildman–Crippen MR) is 61.4 cm³/mol. The van der Waals surface area contributed by atoms with Gasteiger partial charge in [0, 0.05) is 19.4 Å². The first-order valence-corrected chi connectivity index (χ1v) is 6.47. The van der Waals surface area contributed by atoms with Crippen molar-refractivity contribution in [2.75, 3.05) is 6.61 Å². The molecular formula is C13H20O4. The molecule has 17 heavy (non-hydrogen) atoms. The zero-order valence-corrected chi connectivity index (χ0v) is 10.1. The number of ketones is 2. The van der Waals surface area contributed by atoms with Crippen molar-refractivity contribution >= 4 is 11.6 Å². The first kappa shape index (κ1) is 12.7. The highest BCUT2D eigenvalue weighted by molar-refractivity contribution is 6.01. The van der Waals surface area contributed by atoms with E-state index >= 15 is 0 Å². The lowest BCUT2D eigenvalue weighted by Gasteiger charge is -2.43. The van der Waals surface area contributed by atoms with Gasteiger partial charge in [0.05, 0.1) is 5.41 Å². The SMILES string of the molecule is O=C1CCC[C@@]2(O)C(=O)CC[C@@]12CCCCO. The molecule has 2 atom stereocenters. The Morgan fingerprint density at radius 2 is 1.82 bits per heavy atom. The van der Waals surface area contributed by atoms with Crippen molar-refractivity contribution in [3.63, 3.8) is 0 Å². The van der Waals surface area contributed by atoms with E-state index in [1.165, 1.54) is 0 Å². The van der Waals surface area contributed by atoms with E-state index in [-0.39, 0.29) is 18.2 Å². The number of carbonyl (C=O) groups is 2. The molecule has 0 amide bonds. The highest BCUT2D eigenvalue weighted by atomic mass is 16.3. The summed E-state index contributed by atoms with van der Waals surface area (Å²) < 4.78 is 0. The maximum atomic E-state index is 12.2. The van der Waals surface area contributed by atoms with Crippen LogP contribution in [0.3, 0.4) is 0 Å². The largest absolute Gasteiger partial charge is 0.396 e. The van der Waals surface area contributed by atoms with E-state index in [1.807, 2.05) is 0 Å². The molecule has 0 bridgehead atoms. The molecule has 0 heterocycles. The van der Waals surface area contributed by atoms with Crippen LogP contribution < -0.4 is 0 Å². The summed E-state index contributed by atoms with van der Waals surface area (Å²) in [7, 11) is 0. The lowest BCUT2D eigenvalue weighted by Crippen LogP contribution is -2.55. The van der Waals surface area contributed by atoms with Gasteiger partial charge in [0.2, 0.25) is 0 Å². The molecule has 4 nitrogen and oxygen atoms in total. The van der Waals surface area contributed by atoms with Crippen LogP contribution in [-0.2, 0) is 9.59 Å². The van der Waals surface area contributed by atoms with Crippen LogP contribution in [0.4, 0.5) is 0 Å². The number of aliphatic hydroxyl groups is 2. The molecule has 96 valence electrons. The molecule has 0 aliphatic heterocycles. The van der Waals surface area contributed by atoms with Crippen molar-refractivity contribution in [1.29, 1.82) is 0 Å². The molecule has 0 spiro atoms. The van der Waals surface area contributed by atoms with Gasteiger partial charge in [0.25, 0.3) is 0 Å². The quantitative estimate of drug-likeness (QED) is 0.718. The van der Waals surface area contributed by atoms with Gasteiger partial charge in [-0.25, -0.2) is 0 Å². The van der Waals surface area contributed by atoms with E-state index in [2.05, 4.69) is 0 Å². The maximum absolute atomic E-state index is 12.2. The average Bonchev–Trinajstić information content (AvgIpc) is 2.56. The van der Waals surface area contributed by atoms with Gasteiger partial charge in [-0.05, 0) is 32.1 Å². The second-order valence-corrected chi connectivity index (χ2v) is 5.32. The number of hydrogen-bond donors (Lipinski definition) is 2. The third kappa shape index (κ3) is 1.74. The molecule has 2 aliphatic carbocycles. The maximum Gasteiger partial charge on any atom is 0.165 e.